The Labute approximate surface area is 131 Å². The number of halogens is 3. The van der Waals surface area contributed by atoms with Gasteiger partial charge < -0.3 is 19.5 Å². The first-order chi connectivity index (χ1) is 10.7. The fourth-order valence-corrected chi connectivity index (χ4v) is 2.92. The molecule has 2 aliphatic rings. The van der Waals surface area contributed by atoms with Crippen molar-refractivity contribution in [1.82, 2.24) is 4.90 Å². The van der Waals surface area contributed by atoms with E-state index in [-0.39, 0.29) is 12.7 Å². The molecule has 2 unspecified atom stereocenters. The summed E-state index contributed by atoms with van der Waals surface area (Å²) in [5, 5.41) is 8.95. The van der Waals surface area contributed by atoms with Crippen LogP contribution in [0.2, 0.25) is 0 Å². The van der Waals surface area contributed by atoms with Crippen LogP contribution in [0.5, 0.6) is 0 Å². The van der Waals surface area contributed by atoms with Gasteiger partial charge in [-0.25, -0.2) is 0 Å². The van der Waals surface area contributed by atoms with Crippen LogP contribution < -0.4 is 0 Å². The average Bonchev–Trinajstić information content (AvgIpc) is 3.12. The first-order valence-corrected chi connectivity index (χ1v) is 7.51. The molecule has 0 aromatic carbocycles. The Morgan fingerprint density at radius 2 is 2.09 bits per heavy atom. The predicted molar refractivity (Wildman–Crippen MR) is 71.6 cm³/mol. The van der Waals surface area contributed by atoms with Gasteiger partial charge in [-0.2, -0.15) is 13.2 Å². The topological polar surface area (TPSA) is 76.1 Å². The van der Waals surface area contributed by atoms with Crippen molar-refractivity contribution in [2.45, 2.75) is 38.1 Å². The van der Waals surface area contributed by atoms with Gasteiger partial charge in [0.05, 0.1) is 24.5 Å². The minimum atomic E-state index is -4.65. The molecule has 23 heavy (non-hydrogen) atoms. The van der Waals surface area contributed by atoms with Crippen molar-refractivity contribution >= 4 is 11.9 Å². The molecule has 0 bridgehead atoms. The van der Waals surface area contributed by atoms with E-state index in [1.165, 1.54) is 6.92 Å². The lowest BCUT2D eigenvalue weighted by atomic mass is 9.96. The second-order valence-corrected chi connectivity index (χ2v) is 5.95. The number of rotatable bonds is 5. The van der Waals surface area contributed by atoms with Gasteiger partial charge in [0, 0.05) is 19.7 Å². The monoisotopic (exact) mass is 339 g/mol. The number of aliphatic carboxylic acids is 1. The van der Waals surface area contributed by atoms with Gasteiger partial charge in [-0.3, -0.25) is 9.59 Å². The highest BCUT2D eigenvalue weighted by Gasteiger charge is 2.53. The summed E-state index contributed by atoms with van der Waals surface area (Å²) in [7, 11) is 0. The van der Waals surface area contributed by atoms with E-state index in [9.17, 15) is 22.8 Å². The molecule has 0 aromatic heterocycles. The molecule has 2 aliphatic heterocycles. The number of carbonyl (C=O) groups excluding carboxylic acids is 1. The van der Waals surface area contributed by atoms with Crippen LogP contribution in [-0.4, -0.2) is 66.6 Å². The second kappa shape index (κ2) is 7.04. The number of carboxylic acids is 1. The molecular weight excluding hydrogens is 319 g/mol. The summed E-state index contributed by atoms with van der Waals surface area (Å²) >= 11 is 0. The Morgan fingerprint density at radius 3 is 2.57 bits per heavy atom. The Morgan fingerprint density at radius 1 is 1.39 bits per heavy atom. The third-order valence-electron chi connectivity index (χ3n) is 4.27. The van der Waals surface area contributed by atoms with Gasteiger partial charge in [0.1, 0.15) is 6.10 Å². The average molecular weight is 339 g/mol. The number of carbonyl (C=O) groups is 2. The Kier molecular flexibility index (Phi) is 5.51. The van der Waals surface area contributed by atoms with Crippen LogP contribution in [0.25, 0.3) is 0 Å². The first kappa shape index (κ1) is 18.0. The summed E-state index contributed by atoms with van der Waals surface area (Å²) < 4.78 is 49.5. The zero-order valence-electron chi connectivity index (χ0n) is 12.7. The smallest absolute Gasteiger partial charge is 0.394 e. The minimum absolute atomic E-state index is 0.0986. The predicted octanol–water partition coefficient (Wildman–Crippen LogP) is 1.29. The molecular formula is C14H20F3NO5. The molecule has 1 N–H and O–H groups in total. The van der Waals surface area contributed by atoms with E-state index in [0.717, 1.165) is 17.7 Å². The van der Waals surface area contributed by atoms with E-state index in [4.69, 9.17) is 14.6 Å². The van der Waals surface area contributed by atoms with Gasteiger partial charge in [0.2, 0.25) is 0 Å². The highest BCUT2D eigenvalue weighted by atomic mass is 19.4. The van der Waals surface area contributed by atoms with E-state index in [2.05, 4.69) is 0 Å². The molecule has 132 valence electrons. The largest absolute Gasteiger partial charge is 0.481 e. The number of hydrogen-bond donors (Lipinski definition) is 1. The van der Waals surface area contributed by atoms with Crippen LogP contribution in [-0.2, 0) is 19.1 Å². The number of hydrogen-bond acceptors (Lipinski definition) is 4. The lowest BCUT2D eigenvalue weighted by Crippen LogP contribution is -2.39. The van der Waals surface area contributed by atoms with Crippen molar-refractivity contribution in [3.8, 4) is 0 Å². The number of nitrogens with zero attached hydrogens (tertiary/aromatic N) is 1. The van der Waals surface area contributed by atoms with Gasteiger partial charge in [0.15, 0.2) is 0 Å². The van der Waals surface area contributed by atoms with Crippen molar-refractivity contribution in [2.75, 3.05) is 26.3 Å². The Balaban J connectivity index is 1.92. The summed E-state index contributed by atoms with van der Waals surface area (Å²) in [4.78, 5) is 24.1. The zero-order chi connectivity index (χ0) is 17.2. The third-order valence-corrected chi connectivity index (χ3v) is 4.27. The van der Waals surface area contributed by atoms with Crippen LogP contribution in [0.3, 0.4) is 0 Å². The molecule has 0 radical (unpaired) electrons. The van der Waals surface area contributed by atoms with Crippen molar-refractivity contribution in [2.24, 2.45) is 11.8 Å². The molecule has 2 heterocycles. The van der Waals surface area contributed by atoms with Gasteiger partial charge in [-0.15, -0.1) is 0 Å². The van der Waals surface area contributed by atoms with Crippen molar-refractivity contribution < 1.29 is 37.3 Å². The summed E-state index contributed by atoms with van der Waals surface area (Å²) in [5.41, 5.74) is 0. The standard InChI is InChI=1S/C14H20F3NO5/c1-8(23-7-9-3-2-4-22-9)12(19)18-5-10(13(20)21)11(6-18)14(15,16)17/h8-11H,2-7H2,1H3,(H,20,21)/t8?,9?,10-,11-/m1/s1. The van der Waals surface area contributed by atoms with Gasteiger partial charge in [-0.1, -0.05) is 0 Å². The third kappa shape index (κ3) is 4.35. The van der Waals surface area contributed by atoms with Crippen LogP contribution in [0.1, 0.15) is 19.8 Å². The van der Waals surface area contributed by atoms with Crippen LogP contribution in [0.4, 0.5) is 13.2 Å². The minimum Gasteiger partial charge on any atom is -0.481 e. The SMILES string of the molecule is CC(OCC1CCCO1)C(=O)N1C[C@@H](C(F)(F)F)[C@H](C(=O)O)C1. The maximum Gasteiger partial charge on any atom is 0.394 e. The van der Waals surface area contributed by atoms with Crippen LogP contribution >= 0.6 is 0 Å². The van der Waals surface area contributed by atoms with Gasteiger partial charge >= 0.3 is 12.1 Å². The van der Waals surface area contributed by atoms with E-state index in [1.54, 1.807) is 0 Å². The number of alkyl halides is 3. The molecule has 2 rings (SSSR count). The van der Waals surface area contributed by atoms with E-state index < -0.39 is 49.1 Å². The fourth-order valence-electron chi connectivity index (χ4n) is 2.92. The van der Waals surface area contributed by atoms with Gasteiger partial charge in [-0.05, 0) is 19.8 Å². The number of likely N-dealkylation sites (tertiary alicyclic amines) is 1. The summed E-state index contributed by atoms with van der Waals surface area (Å²) in [6.45, 7) is 1.19. The Hall–Kier alpha value is -1.35. The molecule has 9 heteroatoms. The summed E-state index contributed by atoms with van der Waals surface area (Å²) in [5.74, 6) is -5.85. The van der Waals surface area contributed by atoms with E-state index in [1.807, 2.05) is 0 Å². The second-order valence-electron chi connectivity index (χ2n) is 5.95. The van der Waals surface area contributed by atoms with Crippen molar-refractivity contribution in [3.63, 3.8) is 0 Å². The molecule has 4 atom stereocenters. The fraction of sp³-hybridized carbons (Fsp3) is 0.857. The van der Waals surface area contributed by atoms with Crippen LogP contribution in [0, 0.1) is 11.8 Å². The highest BCUT2D eigenvalue weighted by molar-refractivity contribution is 5.82. The highest BCUT2D eigenvalue weighted by Crippen LogP contribution is 2.38. The lowest BCUT2D eigenvalue weighted by Gasteiger charge is -2.22. The molecule has 6 nitrogen and oxygen atoms in total. The van der Waals surface area contributed by atoms with E-state index >= 15 is 0 Å². The maximum atomic E-state index is 12.9. The zero-order valence-corrected chi connectivity index (χ0v) is 12.7. The van der Waals surface area contributed by atoms with Crippen molar-refractivity contribution in [3.05, 3.63) is 0 Å². The quantitative estimate of drug-likeness (QED) is 0.817. The molecule has 2 saturated heterocycles. The summed E-state index contributed by atoms with van der Waals surface area (Å²) in [6.07, 6.45) is -3.95. The lowest BCUT2D eigenvalue weighted by molar-refractivity contribution is -0.188. The number of ether oxygens (including phenoxy) is 2. The van der Waals surface area contributed by atoms with Crippen LogP contribution in [0.15, 0.2) is 0 Å². The molecule has 0 saturated carbocycles. The molecule has 2 fully saturated rings. The normalized spacial score (nSPS) is 29.7. The molecule has 1 amide bonds. The van der Waals surface area contributed by atoms with Crippen molar-refractivity contribution in [1.29, 1.82) is 0 Å². The maximum absolute atomic E-state index is 12.9. The first-order valence-electron chi connectivity index (χ1n) is 7.51. The molecule has 0 spiro atoms. The number of amides is 1. The summed E-state index contributed by atoms with van der Waals surface area (Å²) in [6, 6.07) is 0. The molecule has 0 aromatic rings. The molecule has 0 aliphatic carbocycles. The Bertz CT molecular complexity index is 450. The number of carboxylic acid groups (broad SMARTS) is 1. The van der Waals surface area contributed by atoms with Gasteiger partial charge in [0.25, 0.3) is 5.91 Å². The van der Waals surface area contributed by atoms with E-state index in [0.29, 0.717) is 6.61 Å².